The molecule has 106 valence electrons. The zero-order chi connectivity index (χ0) is 14.3. The fourth-order valence-corrected chi connectivity index (χ4v) is 1.56. The number of halogens is 4. The summed E-state index contributed by atoms with van der Waals surface area (Å²) in [6, 6.07) is 6.21. The molecule has 0 aliphatic heterocycles. The molecule has 1 aromatic rings. The third-order valence-corrected chi connectivity index (χ3v) is 2.67. The second kappa shape index (κ2) is 7.38. The van der Waals surface area contributed by atoms with Crippen LogP contribution in [0.1, 0.15) is 36.0 Å². The Kier molecular flexibility index (Phi) is 6.15. The van der Waals surface area contributed by atoms with Crippen LogP contribution in [-0.4, -0.2) is 18.8 Å². The van der Waals surface area contributed by atoms with Gasteiger partial charge >= 0.3 is 12.1 Å². The Balaban J connectivity index is 2.16. The molecule has 0 N–H and O–H groups in total. The van der Waals surface area contributed by atoms with E-state index in [1.165, 1.54) is 12.1 Å². The number of hydrogen-bond acceptors (Lipinski definition) is 2. The second-order valence-electron chi connectivity index (χ2n) is 4.07. The average molecular weight is 295 g/mol. The standard InChI is InChI=1S/C13H14ClF3O2/c14-11-6-4-10(5-7-11)12(18)19-9-3-1-2-8-13(15,16)17/h4-7H,1-3,8-9H2. The van der Waals surface area contributed by atoms with Gasteiger partial charge in [-0.25, -0.2) is 4.79 Å². The van der Waals surface area contributed by atoms with Crippen LogP contribution in [0.3, 0.4) is 0 Å². The molecule has 0 spiro atoms. The molecule has 6 heteroatoms. The van der Waals surface area contributed by atoms with E-state index in [4.69, 9.17) is 16.3 Å². The van der Waals surface area contributed by atoms with Crippen molar-refractivity contribution in [2.45, 2.75) is 31.9 Å². The number of carbonyl (C=O) groups excluding carboxylic acids is 1. The van der Waals surface area contributed by atoms with Gasteiger partial charge in [0, 0.05) is 11.4 Å². The van der Waals surface area contributed by atoms with E-state index in [9.17, 15) is 18.0 Å². The Labute approximate surface area is 114 Å². The fraction of sp³-hybridized carbons (Fsp3) is 0.462. The highest BCUT2D eigenvalue weighted by Crippen LogP contribution is 2.22. The topological polar surface area (TPSA) is 26.3 Å². The monoisotopic (exact) mass is 294 g/mol. The number of alkyl halides is 3. The molecule has 0 aliphatic rings. The van der Waals surface area contributed by atoms with Gasteiger partial charge in [-0.2, -0.15) is 13.2 Å². The molecule has 0 heterocycles. The predicted molar refractivity (Wildman–Crippen MR) is 66.3 cm³/mol. The maximum Gasteiger partial charge on any atom is 0.389 e. The first-order valence-corrected chi connectivity index (χ1v) is 6.26. The Morgan fingerprint density at radius 3 is 2.32 bits per heavy atom. The van der Waals surface area contributed by atoms with Crippen LogP contribution < -0.4 is 0 Å². The molecule has 0 aliphatic carbocycles. The largest absolute Gasteiger partial charge is 0.462 e. The van der Waals surface area contributed by atoms with Crippen LogP contribution in [0.15, 0.2) is 24.3 Å². The number of ether oxygens (including phenoxy) is 1. The van der Waals surface area contributed by atoms with Crippen LogP contribution >= 0.6 is 11.6 Å². The van der Waals surface area contributed by atoms with E-state index in [1.54, 1.807) is 12.1 Å². The third-order valence-electron chi connectivity index (χ3n) is 2.42. The summed E-state index contributed by atoms with van der Waals surface area (Å²) >= 11 is 5.67. The lowest BCUT2D eigenvalue weighted by Crippen LogP contribution is -2.08. The second-order valence-corrected chi connectivity index (χ2v) is 4.51. The quantitative estimate of drug-likeness (QED) is 0.565. The van der Waals surface area contributed by atoms with Crippen molar-refractivity contribution in [2.24, 2.45) is 0 Å². The molecule has 1 rings (SSSR count). The van der Waals surface area contributed by atoms with Gasteiger partial charge in [0.15, 0.2) is 0 Å². The predicted octanol–water partition coefficient (Wildman–Crippen LogP) is 4.62. The van der Waals surface area contributed by atoms with E-state index in [-0.39, 0.29) is 13.0 Å². The normalized spacial score (nSPS) is 11.4. The Morgan fingerprint density at radius 1 is 1.11 bits per heavy atom. The summed E-state index contributed by atoms with van der Waals surface area (Å²) in [7, 11) is 0. The molecule has 19 heavy (non-hydrogen) atoms. The summed E-state index contributed by atoms with van der Waals surface area (Å²) in [5.74, 6) is -0.493. The van der Waals surface area contributed by atoms with Crippen LogP contribution in [-0.2, 0) is 4.74 Å². The summed E-state index contributed by atoms with van der Waals surface area (Å²) < 4.78 is 40.5. The molecule has 0 unspecified atom stereocenters. The Morgan fingerprint density at radius 2 is 1.74 bits per heavy atom. The minimum absolute atomic E-state index is 0.0575. The van der Waals surface area contributed by atoms with E-state index in [1.807, 2.05) is 0 Å². The molecular formula is C13H14ClF3O2. The van der Waals surface area contributed by atoms with Crippen molar-refractivity contribution in [3.8, 4) is 0 Å². The van der Waals surface area contributed by atoms with Gasteiger partial charge in [0.25, 0.3) is 0 Å². The maximum atomic E-state index is 11.9. The van der Waals surface area contributed by atoms with Crippen molar-refractivity contribution in [3.05, 3.63) is 34.9 Å². The average Bonchev–Trinajstić information content (AvgIpc) is 2.33. The van der Waals surface area contributed by atoms with E-state index >= 15 is 0 Å². The highest BCUT2D eigenvalue weighted by atomic mass is 35.5. The van der Waals surface area contributed by atoms with E-state index < -0.39 is 18.6 Å². The molecule has 0 fully saturated rings. The van der Waals surface area contributed by atoms with Gasteiger partial charge < -0.3 is 4.74 Å². The maximum absolute atomic E-state index is 11.9. The molecule has 0 atom stereocenters. The van der Waals surface area contributed by atoms with Crippen molar-refractivity contribution >= 4 is 17.6 Å². The number of rotatable bonds is 6. The molecule has 1 aromatic carbocycles. The van der Waals surface area contributed by atoms with Crippen molar-refractivity contribution in [2.75, 3.05) is 6.61 Å². The molecule has 0 aromatic heterocycles. The van der Waals surface area contributed by atoms with Gasteiger partial charge in [0.2, 0.25) is 0 Å². The number of benzene rings is 1. The van der Waals surface area contributed by atoms with Gasteiger partial charge in [-0.1, -0.05) is 11.6 Å². The molecule has 0 amide bonds. The number of unbranched alkanes of at least 4 members (excludes halogenated alkanes) is 2. The minimum Gasteiger partial charge on any atom is -0.462 e. The lowest BCUT2D eigenvalue weighted by atomic mass is 10.2. The smallest absolute Gasteiger partial charge is 0.389 e. The van der Waals surface area contributed by atoms with Crippen molar-refractivity contribution < 1.29 is 22.7 Å². The minimum atomic E-state index is -4.11. The van der Waals surface area contributed by atoms with Gasteiger partial charge in [0.1, 0.15) is 0 Å². The Bertz CT molecular complexity index is 401. The fourth-order valence-electron chi connectivity index (χ4n) is 1.44. The summed E-state index contributed by atoms with van der Waals surface area (Å²) in [5.41, 5.74) is 0.375. The number of esters is 1. The van der Waals surface area contributed by atoms with Crippen molar-refractivity contribution in [1.29, 1.82) is 0 Å². The van der Waals surface area contributed by atoms with Crippen molar-refractivity contribution in [1.82, 2.24) is 0 Å². The third kappa shape index (κ3) is 7.06. The highest BCUT2D eigenvalue weighted by molar-refractivity contribution is 6.30. The van der Waals surface area contributed by atoms with E-state index in [0.717, 1.165) is 0 Å². The lowest BCUT2D eigenvalue weighted by Gasteiger charge is -2.06. The number of hydrogen-bond donors (Lipinski definition) is 0. The molecule has 0 saturated heterocycles. The van der Waals surface area contributed by atoms with Gasteiger partial charge in [0.05, 0.1) is 12.2 Å². The summed E-state index contributed by atoms with van der Waals surface area (Å²) in [6.07, 6.45) is -4.04. The molecule has 0 bridgehead atoms. The van der Waals surface area contributed by atoms with Crippen LogP contribution in [0, 0.1) is 0 Å². The van der Waals surface area contributed by atoms with Crippen LogP contribution in [0.4, 0.5) is 13.2 Å². The zero-order valence-corrected chi connectivity index (χ0v) is 10.9. The molecule has 2 nitrogen and oxygen atoms in total. The number of carbonyl (C=O) groups is 1. The Hall–Kier alpha value is -1.23. The van der Waals surface area contributed by atoms with Crippen LogP contribution in [0.2, 0.25) is 5.02 Å². The van der Waals surface area contributed by atoms with E-state index in [2.05, 4.69) is 0 Å². The molecule has 0 radical (unpaired) electrons. The van der Waals surface area contributed by atoms with Gasteiger partial charge in [-0.15, -0.1) is 0 Å². The van der Waals surface area contributed by atoms with Crippen LogP contribution in [0.5, 0.6) is 0 Å². The molecule has 0 saturated carbocycles. The SMILES string of the molecule is O=C(OCCCCCC(F)(F)F)c1ccc(Cl)cc1. The van der Waals surface area contributed by atoms with Crippen LogP contribution in [0.25, 0.3) is 0 Å². The van der Waals surface area contributed by atoms with Gasteiger partial charge in [-0.05, 0) is 43.5 Å². The lowest BCUT2D eigenvalue weighted by molar-refractivity contribution is -0.135. The zero-order valence-electron chi connectivity index (χ0n) is 10.2. The van der Waals surface area contributed by atoms with Gasteiger partial charge in [-0.3, -0.25) is 0 Å². The van der Waals surface area contributed by atoms with Crippen molar-refractivity contribution in [3.63, 3.8) is 0 Å². The highest BCUT2D eigenvalue weighted by Gasteiger charge is 2.25. The summed E-state index contributed by atoms with van der Waals surface area (Å²) in [4.78, 5) is 11.5. The molecular weight excluding hydrogens is 281 g/mol. The summed E-state index contributed by atoms with van der Waals surface area (Å²) in [5, 5.41) is 0.517. The first-order valence-electron chi connectivity index (χ1n) is 5.88. The first kappa shape index (κ1) is 15.8. The first-order chi connectivity index (χ1) is 8.88. The summed E-state index contributed by atoms with van der Waals surface area (Å²) in [6.45, 7) is 0.124. The van der Waals surface area contributed by atoms with E-state index in [0.29, 0.717) is 23.4 Å².